The molecule has 3 rings (SSSR count). The van der Waals surface area contributed by atoms with Crippen molar-refractivity contribution in [1.82, 2.24) is 15.3 Å². The first-order valence-corrected chi connectivity index (χ1v) is 9.87. The molecule has 1 amide bonds. The number of aromatic nitrogens is 1. The van der Waals surface area contributed by atoms with Crippen LogP contribution in [0.3, 0.4) is 0 Å². The number of amides is 1. The van der Waals surface area contributed by atoms with Crippen LogP contribution in [0.25, 0.3) is 0 Å². The fraction of sp³-hybridized carbons (Fsp3) is 0.278. The predicted molar refractivity (Wildman–Crippen MR) is 109 cm³/mol. The van der Waals surface area contributed by atoms with E-state index in [9.17, 15) is 9.90 Å². The molecular weight excluding hydrogens is 480 g/mol. The first-order chi connectivity index (χ1) is 13.1. The maximum absolute atomic E-state index is 12.8. The van der Waals surface area contributed by atoms with Gasteiger partial charge in [0.05, 0.1) is 23.9 Å². The van der Waals surface area contributed by atoms with Gasteiger partial charge in [-0.1, -0.05) is 15.9 Å². The zero-order valence-electron chi connectivity index (χ0n) is 14.3. The van der Waals surface area contributed by atoms with Crippen molar-refractivity contribution in [3.8, 4) is 5.75 Å². The minimum Gasteiger partial charge on any atom is -0.506 e. The van der Waals surface area contributed by atoms with Gasteiger partial charge < -0.3 is 9.84 Å². The van der Waals surface area contributed by atoms with Crippen LogP contribution < -0.4 is 5.43 Å². The summed E-state index contributed by atoms with van der Waals surface area (Å²) in [6.07, 6.45) is 4.73. The molecule has 0 spiro atoms. The number of aromatic hydroxyl groups is 1. The second-order valence-electron chi connectivity index (χ2n) is 5.89. The lowest BCUT2D eigenvalue weighted by molar-refractivity contribution is -0.128. The molecule has 2 aromatic rings. The van der Waals surface area contributed by atoms with Crippen molar-refractivity contribution in [3.63, 3.8) is 0 Å². The molecule has 1 atom stereocenters. The molecule has 1 fully saturated rings. The minimum absolute atomic E-state index is 0.0510. The van der Waals surface area contributed by atoms with Crippen molar-refractivity contribution in [2.24, 2.45) is 5.10 Å². The van der Waals surface area contributed by atoms with Crippen LogP contribution in [0, 0.1) is 0 Å². The third-order valence-electron chi connectivity index (χ3n) is 4.12. The zero-order valence-corrected chi connectivity index (χ0v) is 17.5. The number of hydrogen-bond acceptors (Lipinski definition) is 6. The van der Waals surface area contributed by atoms with Crippen molar-refractivity contribution < 1.29 is 14.6 Å². The Morgan fingerprint density at radius 2 is 2.00 bits per heavy atom. The number of phenolic OH excluding ortho intramolecular Hbond substituents is 1. The maximum Gasteiger partial charge on any atom is 0.262 e. The summed E-state index contributed by atoms with van der Waals surface area (Å²) in [6.45, 7) is 2.48. The number of nitrogens with zero attached hydrogens (tertiary/aromatic N) is 3. The van der Waals surface area contributed by atoms with Gasteiger partial charge in [-0.05, 0) is 45.8 Å². The number of pyridine rings is 1. The Balaban J connectivity index is 1.77. The Morgan fingerprint density at radius 1 is 1.30 bits per heavy atom. The molecule has 0 radical (unpaired) electrons. The van der Waals surface area contributed by atoms with E-state index in [0.29, 0.717) is 36.3 Å². The SMILES string of the molecule is O=C(N/N=C/c1cc(Br)cc(Br)c1O)[C@H](c1ccncc1)N1CCOCC1. The highest BCUT2D eigenvalue weighted by atomic mass is 79.9. The van der Waals surface area contributed by atoms with Gasteiger partial charge in [0.1, 0.15) is 11.8 Å². The van der Waals surface area contributed by atoms with E-state index in [-0.39, 0.29) is 11.7 Å². The lowest BCUT2D eigenvalue weighted by atomic mass is 10.1. The maximum atomic E-state index is 12.8. The summed E-state index contributed by atoms with van der Waals surface area (Å²) >= 11 is 6.63. The Bertz CT molecular complexity index is 827. The van der Waals surface area contributed by atoms with Gasteiger partial charge in [0.25, 0.3) is 5.91 Å². The molecule has 1 aromatic heterocycles. The van der Waals surface area contributed by atoms with Crippen molar-refractivity contribution in [2.45, 2.75) is 6.04 Å². The summed E-state index contributed by atoms with van der Waals surface area (Å²) in [6, 6.07) is 6.58. The summed E-state index contributed by atoms with van der Waals surface area (Å²) in [5, 5.41) is 14.1. The molecule has 27 heavy (non-hydrogen) atoms. The summed E-state index contributed by atoms with van der Waals surface area (Å²) < 4.78 is 6.70. The van der Waals surface area contributed by atoms with Crippen molar-refractivity contribution in [1.29, 1.82) is 0 Å². The van der Waals surface area contributed by atoms with Gasteiger partial charge in [-0.15, -0.1) is 0 Å². The molecule has 1 aromatic carbocycles. The highest BCUT2D eigenvalue weighted by Crippen LogP contribution is 2.30. The first-order valence-electron chi connectivity index (χ1n) is 8.29. The summed E-state index contributed by atoms with van der Waals surface area (Å²) in [4.78, 5) is 18.9. The Hall–Kier alpha value is -1.81. The van der Waals surface area contributed by atoms with E-state index >= 15 is 0 Å². The Kier molecular flexibility index (Phi) is 6.95. The zero-order chi connectivity index (χ0) is 19.2. The smallest absolute Gasteiger partial charge is 0.262 e. The van der Waals surface area contributed by atoms with Crippen LogP contribution >= 0.6 is 31.9 Å². The van der Waals surface area contributed by atoms with Crippen LogP contribution in [0.15, 0.2) is 50.7 Å². The molecule has 9 heteroatoms. The highest BCUT2D eigenvalue weighted by Gasteiger charge is 2.28. The summed E-state index contributed by atoms with van der Waals surface area (Å²) in [7, 11) is 0. The van der Waals surface area contributed by atoms with Crippen LogP contribution in [0.1, 0.15) is 17.2 Å². The monoisotopic (exact) mass is 496 g/mol. The fourth-order valence-electron chi connectivity index (χ4n) is 2.82. The normalized spacial score (nSPS) is 16.4. The average Bonchev–Trinajstić information content (AvgIpc) is 2.67. The van der Waals surface area contributed by atoms with E-state index in [1.807, 2.05) is 12.1 Å². The molecule has 7 nitrogen and oxygen atoms in total. The third-order valence-corrected chi connectivity index (χ3v) is 5.18. The van der Waals surface area contributed by atoms with Crippen LogP contribution in [0.5, 0.6) is 5.75 Å². The number of nitrogens with one attached hydrogen (secondary N) is 1. The van der Waals surface area contributed by atoms with Crippen molar-refractivity contribution in [3.05, 3.63) is 56.7 Å². The number of hydrazone groups is 1. The molecule has 1 saturated heterocycles. The lowest BCUT2D eigenvalue weighted by Gasteiger charge is -2.33. The number of halogens is 2. The average molecular weight is 498 g/mol. The summed E-state index contributed by atoms with van der Waals surface area (Å²) in [5.41, 5.74) is 3.89. The van der Waals surface area contributed by atoms with Crippen molar-refractivity contribution >= 4 is 44.0 Å². The number of ether oxygens (including phenoxy) is 1. The van der Waals surface area contributed by atoms with E-state index in [1.54, 1.807) is 24.5 Å². The van der Waals surface area contributed by atoms with E-state index in [4.69, 9.17) is 4.74 Å². The fourth-order valence-corrected chi connectivity index (χ4v) is 4.08. The molecule has 2 heterocycles. The first kappa shape index (κ1) is 19.9. The number of carbonyl (C=O) groups excluding carboxylic acids is 1. The van der Waals surface area contributed by atoms with E-state index in [2.05, 4.69) is 52.3 Å². The molecule has 1 aliphatic heterocycles. The number of carbonyl (C=O) groups is 1. The Labute approximate surface area is 173 Å². The minimum atomic E-state index is -0.489. The van der Waals surface area contributed by atoms with Crippen LogP contribution in [0.2, 0.25) is 0 Å². The van der Waals surface area contributed by atoms with Gasteiger partial charge in [-0.2, -0.15) is 5.10 Å². The second kappa shape index (κ2) is 9.41. The van der Waals surface area contributed by atoms with E-state index < -0.39 is 6.04 Å². The number of hydrogen-bond donors (Lipinski definition) is 2. The molecular formula is C18H18Br2N4O3. The van der Waals surface area contributed by atoms with Crippen molar-refractivity contribution in [2.75, 3.05) is 26.3 Å². The number of benzene rings is 1. The topological polar surface area (TPSA) is 87.0 Å². The molecule has 1 aliphatic rings. The second-order valence-corrected chi connectivity index (χ2v) is 7.66. The molecule has 0 bridgehead atoms. The van der Waals surface area contributed by atoms with Crippen LogP contribution in [-0.4, -0.2) is 53.4 Å². The quantitative estimate of drug-likeness (QED) is 0.490. The van der Waals surface area contributed by atoms with Crippen LogP contribution in [0.4, 0.5) is 0 Å². The highest BCUT2D eigenvalue weighted by molar-refractivity contribution is 9.11. The van der Waals surface area contributed by atoms with Gasteiger partial charge in [0.2, 0.25) is 0 Å². The predicted octanol–water partition coefficient (Wildman–Crippen LogP) is 2.84. The number of rotatable bonds is 5. The van der Waals surface area contributed by atoms with Gasteiger partial charge in [-0.25, -0.2) is 5.43 Å². The third kappa shape index (κ3) is 5.13. The van der Waals surface area contributed by atoms with Gasteiger partial charge in [0, 0.05) is 35.5 Å². The summed E-state index contributed by atoms with van der Waals surface area (Å²) in [5.74, 6) is -0.206. The van der Waals surface area contributed by atoms with E-state index in [1.165, 1.54) is 6.21 Å². The largest absolute Gasteiger partial charge is 0.506 e. The van der Waals surface area contributed by atoms with Gasteiger partial charge >= 0.3 is 0 Å². The molecule has 0 unspecified atom stereocenters. The standard InChI is InChI=1S/C18H18Br2N4O3/c19-14-9-13(17(25)15(20)10-14)11-22-23-18(26)16(12-1-3-21-4-2-12)24-5-7-27-8-6-24/h1-4,9-11,16,25H,5-8H2,(H,23,26)/b22-11+/t16-/m0/s1. The van der Waals surface area contributed by atoms with Crippen LogP contribution in [-0.2, 0) is 9.53 Å². The Morgan fingerprint density at radius 3 is 2.70 bits per heavy atom. The molecule has 142 valence electrons. The van der Waals surface area contributed by atoms with E-state index in [0.717, 1.165) is 10.0 Å². The van der Waals surface area contributed by atoms with Gasteiger partial charge in [-0.3, -0.25) is 14.7 Å². The number of morpholine rings is 1. The molecule has 0 aliphatic carbocycles. The van der Waals surface area contributed by atoms with Gasteiger partial charge in [0.15, 0.2) is 0 Å². The molecule has 2 N–H and O–H groups in total. The molecule has 0 saturated carbocycles. The lowest BCUT2D eigenvalue weighted by Crippen LogP contribution is -2.44. The number of phenols is 1.